The number of aromatic amines is 1. The highest BCUT2D eigenvalue weighted by Crippen LogP contribution is 2.29. The van der Waals surface area contributed by atoms with E-state index < -0.39 is 0 Å². The van der Waals surface area contributed by atoms with E-state index in [0.29, 0.717) is 17.5 Å². The predicted octanol–water partition coefficient (Wildman–Crippen LogP) is 2.58. The molecule has 1 aliphatic carbocycles. The second kappa shape index (κ2) is 8.45. The molecule has 9 nitrogen and oxygen atoms in total. The van der Waals surface area contributed by atoms with Gasteiger partial charge in [0.05, 0.1) is 19.4 Å². The molecule has 1 aromatic carbocycles. The summed E-state index contributed by atoms with van der Waals surface area (Å²) in [5.41, 5.74) is 8.78. The van der Waals surface area contributed by atoms with Gasteiger partial charge >= 0.3 is 0 Å². The molecule has 2 aliphatic rings. The van der Waals surface area contributed by atoms with Crippen molar-refractivity contribution in [2.45, 2.75) is 37.8 Å². The van der Waals surface area contributed by atoms with Gasteiger partial charge in [0, 0.05) is 30.5 Å². The van der Waals surface area contributed by atoms with Gasteiger partial charge in [0.2, 0.25) is 11.8 Å². The molecule has 3 aromatic rings. The summed E-state index contributed by atoms with van der Waals surface area (Å²) in [4.78, 5) is 11.5. The Bertz CT molecular complexity index is 977. The van der Waals surface area contributed by atoms with Crippen LogP contribution in [0.15, 0.2) is 30.5 Å². The lowest BCUT2D eigenvalue weighted by Crippen LogP contribution is -2.36. The molecule has 30 heavy (non-hydrogen) atoms. The smallest absolute Gasteiger partial charge is 0.232 e. The van der Waals surface area contributed by atoms with Crippen LogP contribution in [0.3, 0.4) is 0 Å². The van der Waals surface area contributed by atoms with E-state index in [-0.39, 0.29) is 12.1 Å². The second-order valence-electron chi connectivity index (χ2n) is 7.91. The fourth-order valence-electron chi connectivity index (χ4n) is 4.02. The van der Waals surface area contributed by atoms with Crippen molar-refractivity contribution in [1.29, 1.82) is 0 Å². The van der Waals surface area contributed by atoms with Crippen molar-refractivity contribution < 1.29 is 9.47 Å². The molecule has 9 heteroatoms. The number of fused-ring (bicyclic) bond motifs is 1. The molecular weight excluding hydrogens is 382 g/mol. The standard InChI is InChI=1S/C21H27N7O2/c22-14-1-7-17(8-2-14)30-20-18-13-23-27-19(18)25-21(26-20)24-15-3-5-16(6-4-15)28-9-11-29-12-10-28/h3-6,13-14,17H,1-2,7-12,22H2,(H2,23,24,25,26,27)/t14-,17+. The number of hydrogen-bond donors (Lipinski definition) is 3. The zero-order valence-corrected chi connectivity index (χ0v) is 16.9. The van der Waals surface area contributed by atoms with Crippen LogP contribution in [0.4, 0.5) is 17.3 Å². The van der Waals surface area contributed by atoms with E-state index in [9.17, 15) is 0 Å². The molecule has 158 valence electrons. The van der Waals surface area contributed by atoms with Gasteiger partial charge in [0.25, 0.3) is 0 Å². The molecule has 2 fully saturated rings. The van der Waals surface area contributed by atoms with Crippen molar-refractivity contribution in [2.24, 2.45) is 5.73 Å². The predicted molar refractivity (Wildman–Crippen MR) is 115 cm³/mol. The van der Waals surface area contributed by atoms with Crippen LogP contribution < -0.4 is 20.7 Å². The number of hydrogen-bond acceptors (Lipinski definition) is 8. The molecule has 0 atom stereocenters. The van der Waals surface area contributed by atoms with Crippen LogP contribution in [-0.4, -0.2) is 58.6 Å². The minimum atomic E-state index is 0.124. The van der Waals surface area contributed by atoms with E-state index in [0.717, 1.165) is 63.1 Å². The Balaban J connectivity index is 1.33. The van der Waals surface area contributed by atoms with Gasteiger partial charge in [0.1, 0.15) is 11.5 Å². The van der Waals surface area contributed by atoms with E-state index in [1.54, 1.807) is 6.20 Å². The third kappa shape index (κ3) is 4.17. The van der Waals surface area contributed by atoms with Gasteiger partial charge in [-0.25, -0.2) is 0 Å². The minimum absolute atomic E-state index is 0.124. The lowest BCUT2D eigenvalue weighted by Gasteiger charge is -2.28. The van der Waals surface area contributed by atoms with Crippen LogP contribution >= 0.6 is 0 Å². The first-order chi connectivity index (χ1) is 14.7. The Morgan fingerprint density at radius 2 is 1.83 bits per heavy atom. The van der Waals surface area contributed by atoms with Crippen LogP contribution in [-0.2, 0) is 4.74 Å². The Hall–Kier alpha value is -2.91. The highest BCUT2D eigenvalue weighted by molar-refractivity contribution is 5.81. The molecule has 0 spiro atoms. The Kier molecular flexibility index (Phi) is 5.37. The number of rotatable bonds is 5. The maximum absolute atomic E-state index is 6.23. The number of nitrogens with two attached hydrogens (primary N) is 1. The monoisotopic (exact) mass is 409 g/mol. The third-order valence-corrected chi connectivity index (χ3v) is 5.77. The summed E-state index contributed by atoms with van der Waals surface area (Å²) in [5.74, 6) is 1.04. The lowest BCUT2D eigenvalue weighted by molar-refractivity contribution is 0.122. The van der Waals surface area contributed by atoms with E-state index in [4.69, 9.17) is 15.2 Å². The first-order valence-electron chi connectivity index (χ1n) is 10.6. The van der Waals surface area contributed by atoms with Crippen LogP contribution in [0.2, 0.25) is 0 Å². The van der Waals surface area contributed by atoms with E-state index in [1.165, 1.54) is 5.69 Å². The Labute approximate surface area is 175 Å². The fourth-order valence-corrected chi connectivity index (χ4v) is 4.02. The molecule has 1 saturated heterocycles. The summed E-state index contributed by atoms with van der Waals surface area (Å²) in [6, 6.07) is 8.56. The number of ether oxygens (including phenoxy) is 2. The summed E-state index contributed by atoms with van der Waals surface area (Å²) < 4.78 is 11.7. The van der Waals surface area contributed by atoms with Gasteiger partial charge in [-0.1, -0.05) is 0 Å². The number of H-pyrrole nitrogens is 1. The summed E-state index contributed by atoms with van der Waals surface area (Å²) in [6.07, 6.45) is 5.67. The van der Waals surface area contributed by atoms with Crippen molar-refractivity contribution in [1.82, 2.24) is 20.2 Å². The maximum Gasteiger partial charge on any atom is 0.232 e. The van der Waals surface area contributed by atoms with Gasteiger partial charge in [-0.3, -0.25) is 5.10 Å². The molecule has 5 rings (SSSR count). The average Bonchev–Trinajstić information content (AvgIpc) is 3.25. The number of morpholine rings is 1. The SMILES string of the molecule is N[C@H]1CC[C@@H](Oc2nc(Nc3ccc(N4CCOCC4)cc3)nc3[nH]ncc23)CC1. The van der Waals surface area contributed by atoms with Gasteiger partial charge in [-0.2, -0.15) is 15.1 Å². The molecule has 3 heterocycles. The largest absolute Gasteiger partial charge is 0.474 e. The fraction of sp³-hybridized carbons (Fsp3) is 0.476. The van der Waals surface area contributed by atoms with Gasteiger partial charge in [-0.05, 0) is 49.9 Å². The number of anilines is 3. The van der Waals surface area contributed by atoms with Crippen molar-refractivity contribution >= 4 is 28.4 Å². The highest BCUT2D eigenvalue weighted by Gasteiger charge is 2.22. The van der Waals surface area contributed by atoms with E-state index in [1.807, 2.05) is 12.1 Å². The van der Waals surface area contributed by atoms with E-state index in [2.05, 4.69) is 42.5 Å². The zero-order chi connectivity index (χ0) is 20.3. The maximum atomic E-state index is 6.23. The van der Waals surface area contributed by atoms with Crippen LogP contribution in [0, 0.1) is 0 Å². The van der Waals surface area contributed by atoms with Crippen LogP contribution in [0.5, 0.6) is 5.88 Å². The Morgan fingerprint density at radius 1 is 1.07 bits per heavy atom. The van der Waals surface area contributed by atoms with Gasteiger partial charge in [-0.15, -0.1) is 0 Å². The molecule has 0 radical (unpaired) electrons. The summed E-state index contributed by atoms with van der Waals surface area (Å²) in [5, 5.41) is 11.1. The number of aromatic nitrogens is 4. The molecule has 1 saturated carbocycles. The molecule has 2 aromatic heterocycles. The average molecular weight is 409 g/mol. The first kappa shape index (κ1) is 19.1. The van der Waals surface area contributed by atoms with Crippen molar-refractivity contribution in [3.63, 3.8) is 0 Å². The zero-order valence-electron chi connectivity index (χ0n) is 16.9. The van der Waals surface area contributed by atoms with Crippen molar-refractivity contribution in [2.75, 3.05) is 36.5 Å². The molecular formula is C21H27N7O2. The van der Waals surface area contributed by atoms with Crippen molar-refractivity contribution in [3.05, 3.63) is 30.5 Å². The molecule has 1 aliphatic heterocycles. The van der Waals surface area contributed by atoms with Crippen molar-refractivity contribution in [3.8, 4) is 5.88 Å². The molecule has 0 unspecified atom stereocenters. The van der Waals surface area contributed by atoms with Crippen LogP contribution in [0.25, 0.3) is 11.0 Å². The molecule has 0 amide bonds. The number of benzene rings is 1. The second-order valence-corrected chi connectivity index (χ2v) is 7.91. The summed E-state index contributed by atoms with van der Waals surface area (Å²) in [6.45, 7) is 3.37. The first-order valence-corrected chi connectivity index (χ1v) is 10.6. The topological polar surface area (TPSA) is 114 Å². The molecule has 0 bridgehead atoms. The summed E-state index contributed by atoms with van der Waals surface area (Å²) >= 11 is 0. The Morgan fingerprint density at radius 3 is 2.60 bits per heavy atom. The normalized spacial score (nSPS) is 22.2. The van der Waals surface area contributed by atoms with Gasteiger partial charge < -0.3 is 25.4 Å². The van der Waals surface area contributed by atoms with Crippen LogP contribution in [0.1, 0.15) is 25.7 Å². The summed E-state index contributed by atoms with van der Waals surface area (Å²) in [7, 11) is 0. The van der Waals surface area contributed by atoms with E-state index >= 15 is 0 Å². The van der Waals surface area contributed by atoms with Gasteiger partial charge in [0.15, 0.2) is 5.65 Å². The lowest BCUT2D eigenvalue weighted by atomic mass is 9.94. The highest BCUT2D eigenvalue weighted by atomic mass is 16.5. The third-order valence-electron chi connectivity index (χ3n) is 5.77. The molecule has 4 N–H and O–H groups in total. The quantitative estimate of drug-likeness (QED) is 0.589. The minimum Gasteiger partial charge on any atom is -0.474 e. The number of nitrogens with zero attached hydrogens (tertiary/aromatic N) is 4. The number of nitrogens with one attached hydrogen (secondary N) is 2.